The number of carbonyl (C=O) groups is 1. The number of aryl methyl sites for hydroxylation is 1. The molecule has 0 aromatic heterocycles. The topological polar surface area (TPSA) is 32.3 Å². The lowest BCUT2D eigenvalue weighted by molar-refractivity contribution is -0.119. The molecular weight excluding hydrogens is 260 g/mol. The molecule has 0 spiro atoms. The molecule has 2 aromatic rings. The number of benzene rings is 2. The zero-order valence-electron chi connectivity index (χ0n) is 12.5. The maximum atomic E-state index is 12.5. The van der Waals surface area contributed by atoms with Gasteiger partial charge in [-0.15, -0.1) is 0 Å². The first kappa shape index (κ1) is 13.7. The summed E-state index contributed by atoms with van der Waals surface area (Å²) >= 11 is 0. The predicted octanol–water partition coefficient (Wildman–Crippen LogP) is 3.24. The van der Waals surface area contributed by atoms with E-state index >= 15 is 0 Å². The van der Waals surface area contributed by atoms with Crippen LogP contribution in [-0.4, -0.2) is 19.5 Å². The Hall–Kier alpha value is -2.29. The molecule has 0 aliphatic carbocycles. The van der Waals surface area contributed by atoms with E-state index in [-0.39, 0.29) is 11.8 Å². The van der Waals surface area contributed by atoms with E-state index in [9.17, 15) is 4.79 Å². The Morgan fingerprint density at radius 2 is 1.86 bits per heavy atom. The van der Waals surface area contributed by atoms with Gasteiger partial charge in [-0.25, -0.2) is 0 Å². The number of nitrogens with zero attached hydrogens (tertiary/aromatic N) is 1. The lowest BCUT2D eigenvalue weighted by Gasteiger charge is -2.32. The van der Waals surface area contributed by atoms with Crippen molar-refractivity contribution in [2.24, 2.45) is 5.92 Å². The normalized spacial score (nSPS) is 17.2. The number of carbonyl (C=O) groups excluding carboxylic acids is 1. The first-order valence-electron chi connectivity index (χ1n) is 7.30. The fraction of sp³-hybridized carbons (Fsp3) is 0.278. The molecule has 1 amide bonds. The molecule has 108 valence electrons. The van der Waals surface area contributed by atoms with Gasteiger partial charge in [-0.05, 0) is 37.1 Å². The van der Waals surface area contributed by atoms with E-state index in [1.54, 1.807) is 0 Å². The van der Waals surface area contributed by atoms with E-state index in [4.69, 9.17) is 0 Å². The second-order valence-corrected chi connectivity index (χ2v) is 5.77. The highest BCUT2D eigenvalue weighted by Crippen LogP contribution is 2.28. The van der Waals surface area contributed by atoms with Crippen molar-refractivity contribution >= 4 is 17.3 Å². The van der Waals surface area contributed by atoms with Crippen LogP contribution in [0.25, 0.3) is 0 Å². The van der Waals surface area contributed by atoms with Gasteiger partial charge in [-0.3, -0.25) is 4.79 Å². The number of hydrogen-bond donors (Lipinski definition) is 1. The van der Waals surface area contributed by atoms with Gasteiger partial charge in [0.25, 0.3) is 0 Å². The minimum Gasteiger partial charge on any atom is -0.374 e. The average molecular weight is 280 g/mol. The molecule has 0 saturated carbocycles. The molecule has 3 rings (SSSR count). The third-order valence-corrected chi connectivity index (χ3v) is 4.05. The van der Waals surface area contributed by atoms with Crippen LogP contribution in [0.4, 0.5) is 11.4 Å². The summed E-state index contributed by atoms with van der Waals surface area (Å²) in [5.41, 5.74) is 4.54. The van der Waals surface area contributed by atoms with Crippen LogP contribution in [0.3, 0.4) is 0 Å². The monoisotopic (exact) mass is 280 g/mol. The van der Waals surface area contributed by atoms with Gasteiger partial charge >= 0.3 is 0 Å². The molecular formula is C18H20N2O. The summed E-state index contributed by atoms with van der Waals surface area (Å²) < 4.78 is 0. The van der Waals surface area contributed by atoms with Crippen molar-refractivity contribution in [1.29, 1.82) is 0 Å². The van der Waals surface area contributed by atoms with Crippen molar-refractivity contribution < 1.29 is 4.79 Å². The molecule has 0 fully saturated rings. The fourth-order valence-corrected chi connectivity index (χ4v) is 2.87. The minimum absolute atomic E-state index is 0.00815. The van der Waals surface area contributed by atoms with Gasteiger partial charge in [-0.2, -0.15) is 0 Å². The molecule has 2 aromatic carbocycles. The highest BCUT2D eigenvalue weighted by atomic mass is 16.1. The third-order valence-electron chi connectivity index (χ3n) is 4.05. The Labute approximate surface area is 125 Å². The largest absolute Gasteiger partial charge is 0.374 e. The van der Waals surface area contributed by atoms with Crippen LogP contribution in [0.15, 0.2) is 48.5 Å². The van der Waals surface area contributed by atoms with Crippen LogP contribution >= 0.6 is 0 Å². The zero-order valence-corrected chi connectivity index (χ0v) is 12.5. The molecule has 3 heteroatoms. The third kappa shape index (κ3) is 2.92. The number of anilines is 2. The molecule has 1 atom stereocenters. The maximum Gasteiger partial charge on any atom is 0.229 e. The molecule has 1 N–H and O–H groups in total. The Morgan fingerprint density at radius 1 is 1.14 bits per heavy atom. The molecule has 1 aliphatic rings. The van der Waals surface area contributed by atoms with E-state index in [0.717, 1.165) is 18.7 Å². The predicted molar refractivity (Wildman–Crippen MR) is 86.7 cm³/mol. The highest BCUT2D eigenvalue weighted by molar-refractivity contribution is 5.93. The second-order valence-electron chi connectivity index (χ2n) is 5.77. The molecule has 3 nitrogen and oxygen atoms in total. The van der Waals surface area contributed by atoms with Crippen LogP contribution in [0.5, 0.6) is 0 Å². The molecule has 0 radical (unpaired) electrons. The Balaban J connectivity index is 1.73. The number of amides is 1. The molecule has 0 bridgehead atoms. The second kappa shape index (κ2) is 5.60. The number of rotatable bonds is 2. The van der Waals surface area contributed by atoms with Crippen molar-refractivity contribution in [3.8, 4) is 0 Å². The molecule has 1 aliphatic heterocycles. The number of nitrogens with one attached hydrogen (secondary N) is 1. The summed E-state index contributed by atoms with van der Waals surface area (Å²) in [6, 6.07) is 16.2. The SMILES string of the molecule is Cc1ccc(NC(=O)C2Cc3ccccc3N(C)C2)cc1. The fourth-order valence-electron chi connectivity index (χ4n) is 2.87. The van der Waals surface area contributed by atoms with Gasteiger partial charge in [-0.1, -0.05) is 35.9 Å². The van der Waals surface area contributed by atoms with Gasteiger partial charge in [0.2, 0.25) is 5.91 Å². The Morgan fingerprint density at radius 3 is 2.62 bits per heavy atom. The lowest BCUT2D eigenvalue weighted by atomic mass is 9.92. The first-order chi connectivity index (χ1) is 10.1. The van der Waals surface area contributed by atoms with Crippen LogP contribution in [0, 0.1) is 12.8 Å². The van der Waals surface area contributed by atoms with Gasteiger partial charge in [0.1, 0.15) is 0 Å². The number of fused-ring (bicyclic) bond motifs is 1. The van der Waals surface area contributed by atoms with Crippen molar-refractivity contribution in [1.82, 2.24) is 0 Å². The number of para-hydroxylation sites is 1. The molecule has 21 heavy (non-hydrogen) atoms. The summed E-state index contributed by atoms with van der Waals surface area (Å²) in [6.45, 7) is 2.80. The van der Waals surface area contributed by atoms with Crippen LogP contribution in [0.1, 0.15) is 11.1 Å². The van der Waals surface area contributed by atoms with E-state index < -0.39 is 0 Å². The summed E-state index contributed by atoms with van der Waals surface area (Å²) in [4.78, 5) is 14.6. The van der Waals surface area contributed by atoms with E-state index in [1.807, 2.05) is 50.4 Å². The average Bonchev–Trinajstić information content (AvgIpc) is 2.49. The minimum atomic E-state index is -0.00815. The van der Waals surface area contributed by atoms with Crippen molar-refractivity contribution in [2.75, 3.05) is 23.8 Å². The Bertz CT molecular complexity index is 649. The van der Waals surface area contributed by atoms with Crippen LogP contribution in [0.2, 0.25) is 0 Å². The summed E-state index contributed by atoms with van der Waals surface area (Å²) in [5, 5.41) is 3.02. The molecule has 1 heterocycles. The molecule has 1 unspecified atom stereocenters. The van der Waals surface area contributed by atoms with Gasteiger partial charge < -0.3 is 10.2 Å². The van der Waals surface area contributed by atoms with Crippen molar-refractivity contribution in [2.45, 2.75) is 13.3 Å². The Kier molecular flexibility index (Phi) is 3.65. The first-order valence-corrected chi connectivity index (χ1v) is 7.30. The summed E-state index contributed by atoms with van der Waals surface area (Å²) in [6.07, 6.45) is 0.804. The quantitative estimate of drug-likeness (QED) is 0.916. The van der Waals surface area contributed by atoms with E-state index in [2.05, 4.69) is 22.3 Å². The molecule has 0 saturated heterocycles. The van der Waals surface area contributed by atoms with Crippen LogP contribution in [-0.2, 0) is 11.2 Å². The summed E-state index contributed by atoms with van der Waals surface area (Å²) in [7, 11) is 2.05. The van der Waals surface area contributed by atoms with Gasteiger partial charge in [0.15, 0.2) is 0 Å². The highest BCUT2D eigenvalue weighted by Gasteiger charge is 2.27. The van der Waals surface area contributed by atoms with E-state index in [0.29, 0.717) is 0 Å². The van der Waals surface area contributed by atoms with Gasteiger partial charge in [0.05, 0.1) is 5.92 Å². The van der Waals surface area contributed by atoms with Crippen molar-refractivity contribution in [3.05, 3.63) is 59.7 Å². The van der Waals surface area contributed by atoms with Gasteiger partial charge in [0, 0.05) is 25.0 Å². The number of hydrogen-bond acceptors (Lipinski definition) is 2. The van der Waals surface area contributed by atoms with E-state index in [1.165, 1.54) is 16.8 Å². The standard InChI is InChI=1S/C18H20N2O/c1-13-7-9-16(10-8-13)19-18(21)15-11-14-5-3-4-6-17(14)20(2)12-15/h3-10,15H,11-12H2,1-2H3,(H,19,21). The van der Waals surface area contributed by atoms with Crippen molar-refractivity contribution in [3.63, 3.8) is 0 Å². The zero-order chi connectivity index (χ0) is 14.8. The maximum absolute atomic E-state index is 12.5. The smallest absolute Gasteiger partial charge is 0.229 e. The van der Waals surface area contributed by atoms with Crippen LogP contribution < -0.4 is 10.2 Å². The lowest BCUT2D eigenvalue weighted by Crippen LogP contribution is -2.39. The summed E-state index contributed by atoms with van der Waals surface area (Å²) in [5.74, 6) is 0.0893.